The average molecular weight is 339 g/mol. The number of amides is 2. The monoisotopic (exact) mass is 339 g/mol. The van der Waals surface area contributed by atoms with Gasteiger partial charge in [-0.1, -0.05) is 30.3 Å². The number of thioether (sulfide) groups is 1. The van der Waals surface area contributed by atoms with Gasteiger partial charge >= 0.3 is 0 Å². The van der Waals surface area contributed by atoms with Gasteiger partial charge < -0.3 is 4.42 Å². The summed E-state index contributed by atoms with van der Waals surface area (Å²) in [6, 6.07) is 10.2. The fraction of sp³-hybridized carbons (Fsp3) is 0.368. The molecule has 1 unspecified atom stereocenters. The molecule has 2 amide bonds. The Morgan fingerprint density at radius 2 is 1.96 bits per heavy atom. The van der Waals surface area contributed by atoms with Crippen molar-refractivity contribution >= 4 is 23.6 Å². The number of fused-ring (bicyclic) bond motifs is 3. The van der Waals surface area contributed by atoms with Gasteiger partial charge in [0.15, 0.2) is 0 Å². The number of hydrogen-bond donors (Lipinski definition) is 1. The van der Waals surface area contributed by atoms with E-state index in [-0.39, 0.29) is 23.7 Å². The third-order valence-corrected chi connectivity index (χ3v) is 6.92. The lowest BCUT2D eigenvalue weighted by molar-refractivity contribution is -0.162. The summed E-state index contributed by atoms with van der Waals surface area (Å²) in [6.45, 7) is 0. The first kappa shape index (κ1) is 14.3. The SMILES string of the molecule is O=C1NC(=O)C2(C3CCSc4c(-c5ccccc5)coc43)CC1C2. The highest BCUT2D eigenvalue weighted by atomic mass is 32.2. The molecule has 1 aromatic heterocycles. The van der Waals surface area contributed by atoms with E-state index >= 15 is 0 Å². The van der Waals surface area contributed by atoms with E-state index in [2.05, 4.69) is 17.4 Å². The Balaban J connectivity index is 1.56. The highest BCUT2D eigenvalue weighted by Gasteiger charge is 2.62. The second-order valence-electron chi connectivity index (χ2n) is 6.98. The molecular formula is C19H17NO3S. The van der Waals surface area contributed by atoms with E-state index in [9.17, 15) is 9.59 Å². The van der Waals surface area contributed by atoms with Gasteiger partial charge in [-0.2, -0.15) is 0 Å². The van der Waals surface area contributed by atoms with Crippen molar-refractivity contribution in [1.82, 2.24) is 5.32 Å². The summed E-state index contributed by atoms with van der Waals surface area (Å²) in [4.78, 5) is 25.5. The maximum Gasteiger partial charge on any atom is 0.233 e. The lowest BCUT2D eigenvalue weighted by Crippen LogP contribution is -2.64. The number of nitrogens with one attached hydrogen (secondary N) is 1. The summed E-state index contributed by atoms with van der Waals surface area (Å²) in [5.41, 5.74) is 1.81. The molecule has 6 rings (SSSR count). The first-order valence-corrected chi connectivity index (χ1v) is 9.32. The lowest BCUT2D eigenvalue weighted by atomic mass is 9.52. The largest absolute Gasteiger partial charge is 0.467 e. The Hall–Kier alpha value is -2.01. The van der Waals surface area contributed by atoms with E-state index in [0.29, 0.717) is 12.8 Å². The summed E-state index contributed by atoms with van der Waals surface area (Å²) >= 11 is 1.81. The molecule has 0 spiro atoms. The lowest BCUT2D eigenvalue weighted by Gasteiger charge is -2.53. The normalized spacial score (nSPS) is 31.2. The summed E-state index contributed by atoms with van der Waals surface area (Å²) in [7, 11) is 0. The molecular weight excluding hydrogens is 322 g/mol. The molecule has 5 heteroatoms. The van der Waals surface area contributed by atoms with Crippen LogP contribution in [0.3, 0.4) is 0 Å². The Bertz CT molecular complexity index is 836. The van der Waals surface area contributed by atoms with Gasteiger partial charge in [-0.15, -0.1) is 11.8 Å². The third kappa shape index (κ3) is 1.82. The number of furan rings is 1. The Morgan fingerprint density at radius 1 is 1.17 bits per heavy atom. The summed E-state index contributed by atoms with van der Waals surface area (Å²) in [5, 5.41) is 2.56. The molecule has 2 saturated heterocycles. The first-order valence-electron chi connectivity index (χ1n) is 8.34. The van der Waals surface area contributed by atoms with Gasteiger partial charge in [0, 0.05) is 17.4 Å². The van der Waals surface area contributed by atoms with Crippen LogP contribution in [0, 0.1) is 11.3 Å². The number of carbonyl (C=O) groups excluding carboxylic acids is 2. The zero-order valence-electron chi connectivity index (χ0n) is 13.1. The van der Waals surface area contributed by atoms with Crippen LogP contribution in [0.2, 0.25) is 0 Å². The van der Waals surface area contributed by atoms with Crippen molar-refractivity contribution in [1.29, 1.82) is 0 Å². The first-order chi connectivity index (χ1) is 11.7. The third-order valence-electron chi connectivity index (χ3n) is 5.77. The summed E-state index contributed by atoms with van der Waals surface area (Å²) in [5.74, 6) is 1.80. The molecule has 4 nitrogen and oxygen atoms in total. The fourth-order valence-corrected chi connectivity index (χ4v) is 5.69. The molecule has 4 aliphatic rings. The molecule has 24 heavy (non-hydrogen) atoms. The van der Waals surface area contributed by atoms with E-state index in [4.69, 9.17) is 4.42 Å². The Morgan fingerprint density at radius 3 is 2.71 bits per heavy atom. The van der Waals surface area contributed by atoms with E-state index < -0.39 is 5.41 Å². The molecule has 3 fully saturated rings. The van der Waals surface area contributed by atoms with E-state index in [1.54, 1.807) is 0 Å². The van der Waals surface area contributed by atoms with Crippen LogP contribution in [0.1, 0.15) is 30.9 Å². The van der Waals surface area contributed by atoms with Crippen LogP contribution in [0.25, 0.3) is 11.1 Å². The van der Waals surface area contributed by atoms with Crippen molar-refractivity contribution in [2.75, 3.05) is 5.75 Å². The van der Waals surface area contributed by atoms with Gasteiger partial charge in [0.1, 0.15) is 5.76 Å². The van der Waals surface area contributed by atoms with E-state index in [1.807, 2.05) is 36.2 Å². The molecule has 4 heterocycles. The van der Waals surface area contributed by atoms with Crippen LogP contribution in [0.5, 0.6) is 0 Å². The van der Waals surface area contributed by atoms with Gasteiger partial charge in [-0.05, 0) is 30.6 Å². The zero-order chi connectivity index (χ0) is 16.3. The highest BCUT2D eigenvalue weighted by Crippen LogP contribution is 2.61. The van der Waals surface area contributed by atoms with Crippen molar-refractivity contribution in [2.45, 2.75) is 30.1 Å². The van der Waals surface area contributed by atoms with Crippen molar-refractivity contribution in [2.24, 2.45) is 11.3 Å². The molecule has 1 saturated carbocycles. The number of piperidine rings is 2. The fourth-order valence-electron chi connectivity index (χ4n) is 4.48. The molecule has 0 radical (unpaired) electrons. The average Bonchev–Trinajstić information content (AvgIpc) is 2.98. The Kier molecular flexibility index (Phi) is 2.98. The van der Waals surface area contributed by atoms with E-state index in [0.717, 1.165) is 29.1 Å². The zero-order valence-corrected chi connectivity index (χ0v) is 13.9. The van der Waals surface area contributed by atoms with Gasteiger partial charge in [0.2, 0.25) is 11.8 Å². The number of carbonyl (C=O) groups is 2. The number of hydrogen-bond acceptors (Lipinski definition) is 4. The topological polar surface area (TPSA) is 59.3 Å². The molecule has 2 bridgehead atoms. The molecule has 2 aromatic rings. The number of rotatable bonds is 2. The minimum absolute atomic E-state index is 0.00397. The van der Waals surface area contributed by atoms with Crippen molar-refractivity contribution < 1.29 is 14.0 Å². The second kappa shape index (κ2) is 4.99. The van der Waals surface area contributed by atoms with Crippen LogP contribution in [0.15, 0.2) is 45.9 Å². The van der Waals surface area contributed by atoms with Crippen LogP contribution < -0.4 is 5.32 Å². The van der Waals surface area contributed by atoms with Crippen LogP contribution in [-0.4, -0.2) is 17.6 Å². The maximum atomic E-state index is 12.6. The molecule has 1 aliphatic carbocycles. The van der Waals surface area contributed by atoms with Crippen molar-refractivity contribution in [3.05, 3.63) is 42.4 Å². The molecule has 3 aliphatic heterocycles. The van der Waals surface area contributed by atoms with Crippen LogP contribution >= 0.6 is 11.8 Å². The highest BCUT2D eigenvalue weighted by molar-refractivity contribution is 7.99. The maximum absolute atomic E-state index is 12.6. The second-order valence-corrected chi connectivity index (χ2v) is 8.08. The van der Waals surface area contributed by atoms with E-state index in [1.165, 1.54) is 4.90 Å². The van der Waals surface area contributed by atoms with Gasteiger partial charge in [0.25, 0.3) is 0 Å². The summed E-state index contributed by atoms with van der Waals surface area (Å²) < 4.78 is 5.99. The van der Waals surface area contributed by atoms with Gasteiger partial charge in [0.05, 0.1) is 16.6 Å². The van der Waals surface area contributed by atoms with Crippen molar-refractivity contribution in [3.63, 3.8) is 0 Å². The van der Waals surface area contributed by atoms with Crippen LogP contribution in [0.4, 0.5) is 0 Å². The van der Waals surface area contributed by atoms with Crippen LogP contribution in [-0.2, 0) is 9.59 Å². The van der Waals surface area contributed by atoms with Gasteiger partial charge in [-0.3, -0.25) is 14.9 Å². The summed E-state index contributed by atoms with van der Waals surface area (Å²) in [6.07, 6.45) is 4.10. The minimum atomic E-state index is -0.444. The smallest absolute Gasteiger partial charge is 0.233 e. The minimum Gasteiger partial charge on any atom is -0.467 e. The number of imide groups is 1. The number of benzene rings is 1. The molecule has 1 aromatic carbocycles. The van der Waals surface area contributed by atoms with Gasteiger partial charge in [-0.25, -0.2) is 0 Å². The molecule has 1 atom stereocenters. The predicted octanol–water partition coefficient (Wildman–Crippen LogP) is 3.58. The quantitative estimate of drug-likeness (QED) is 0.850. The molecule has 1 N–H and O–H groups in total. The standard InChI is InChI=1S/C19H17NO3S/c21-17-12-8-19(9-12,18(22)20-17)14-6-7-24-16-13(10-23-15(14)16)11-4-2-1-3-5-11/h1-5,10,12,14H,6-9H2,(H,20,21,22). The predicted molar refractivity (Wildman–Crippen MR) is 90.5 cm³/mol. The van der Waals surface area contributed by atoms with Crippen molar-refractivity contribution in [3.8, 4) is 11.1 Å². The molecule has 122 valence electrons. The Labute approximate surface area is 144 Å².